The van der Waals surface area contributed by atoms with Crippen molar-refractivity contribution in [1.29, 1.82) is 0 Å². The zero-order valence-corrected chi connectivity index (χ0v) is 8.38. The third-order valence-electron chi connectivity index (χ3n) is 2.22. The van der Waals surface area contributed by atoms with Gasteiger partial charge in [-0.15, -0.1) is 10.2 Å². The van der Waals surface area contributed by atoms with Crippen LogP contribution in [0.2, 0.25) is 0 Å². The van der Waals surface area contributed by atoms with Crippen LogP contribution in [0.1, 0.15) is 18.7 Å². The lowest BCUT2D eigenvalue weighted by Crippen LogP contribution is -2.37. The fraction of sp³-hybridized carbons (Fsp3) is 0.750. The molecular weight excluding hydrogens is 186 g/mol. The van der Waals surface area contributed by atoms with E-state index in [2.05, 4.69) is 10.2 Å². The second-order valence-electron chi connectivity index (χ2n) is 3.50. The van der Waals surface area contributed by atoms with Gasteiger partial charge in [-0.2, -0.15) is 0 Å². The molecule has 4 nitrogen and oxygen atoms in total. The van der Waals surface area contributed by atoms with Crippen LogP contribution in [0.4, 0.5) is 0 Å². The molecule has 5 heteroatoms. The molecule has 0 saturated heterocycles. The molecule has 1 heterocycles. The van der Waals surface area contributed by atoms with E-state index in [4.69, 9.17) is 10.2 Å². The van der Waals surface area contributed by atoms with Gasteiger partial charge in [-0.25, -0.2) is 0 Å². The molecule has 1 aliphatic carbocycles. The second-order valence-corrected chi connectivity index (χ2v) is 4.47. The van der Waals surface area contributed by atoms with Gasteiger partial charge in [0.05, 0.1) is 0 Å². The summed E-state index contributed by atoms with van der Waals surface area (Å²) in [6.45, 7) is 1.80. The first-order valence-electron chi connectivity index (χ1n) is 4.42. The lowest BCUT2D eigenvalue weighted by atomic mass is 9.82. The minimum atomic E-state index is 0.426. The summed E-state index contributed by atoms with van der Waals surface area (Å²) in [4.78, 5) is 0. The van der Waals surface area contributed by atoms with Crippen molar-refractivity contribution in [3.05, 3.63) is 5.89 Å². The van der Waals surface area contributed by atoms with E-state index in [9.17, 15) is 0 Å². The van der Waals surface area contributed by atoms with Crippen LogP contribution < -0.4 is 5.73 Å². The maximum atomic E-state index is 5.68. The van der Waals surface area contributed by atoms with E-state index < -0.39 is 0 Å². The molecule has 2 N–H and O–H groups in total. The first-order chi connectivity index (χ1) is 6.24. The smallest absolute Gasteiger partial charge is 0.276 e. The molecule has 0 spiro atoms. The van der Waals surface area contributed by atoms with Gasteiger partial charge in [-0.1, -0.05) is 11.8 Å². The van der Waals surface area contributed by atoms with E-state index in [0.717, 1.165) is 24.5 Å². The Morgan fingerprint density at radius 3 is 2.85 bits per heavy atom. The third kappa shape index (κ3) is 2.22. The molecule has 13 heavy (non-hydrogen) atoms. The average molecular weight is 199 g/mol. The van der Waals surface area contributed by atoms with Gasteiger partial charge >= 0.3 is 0 Å². The summed E-state index contributed by atoms with van der Waals surface area (Å²) in [7, 11) is 0. The molecule has 1 saturated carbocycles. The third-order valence-corrected chi connectivity index (χ3v) is 3.27. The topological polar surface area (TPSA) is 64.9 Å². The van der Waals surface area contributed by atoms with E-state index in [-0.39, 0.29) is 0 Å². The number of aromatic nitrogens is 2. The highest BCUT2D eigenvalue weighted by Gasteiger charge is 2.26. The van der Waals surface area contributed by atoms with E-state index in [0.29, 0.717) is 17.2 Å². The maximum absolute atomic E-state index is 5.68. The molecule has 1 aliphatic rings. The van der Waals surface area contributed by atoms with Crippen molar-refractivity contribution in [3.8, 4) is 0 Å². The Labute approximate surface area is 81.3 Å². The monoisotopic (exact) mass is 199 g/mol. The molecule has 72 valence electrons. The van der Waals surface area contributed by atoms with Crippen molar-refractivity contribution >= 4 is 11.8 Å². The normalized spacial score (nSPS) is 27.2. The molecule has 1 aromatic heterocycles. The average Bonchev–Trinajstić information content (AvgIpc) is 2.43. The van der Waals surface area contributed by atoms with Crippen molar-refractivity contribution in [2.75, 3.05) is 5.75 Å². The molecule has 2 rings (SSSR count). The van der Waals surface area contributed by atoms with Crippen LogP contribution in [0.5, 0.6) is 0 Å². The molecule has 1 aromatic rings. The molecule has 0 aromatic carbocycles. The Hall–Kier alpha value is -0.550. The number of hydrogen-bond acceptors (Lipinski definition) is 5. The van der Waals surface area contributed by atoms with Crippen LogP contribution in [0.25, 0.3) is 0 Å². The van der Waals surface area contributed by atoms with Gasteiger partial charge in [0, 0.05) is 18.7 Å². The van der Waals surface area contributed by atoms with Gasteiger partial charge in [0.25, 0.3) is 5.22 Å². The minimum absolute atomic E-state index is 0.426. The van der Waals surface area contributed by atoms with Gasteiger partial charge in [-0.3, -0.25) is 0 Å². The van der Waals surface area contributed by atoms with E-state index in [1.165, 1.54) is 0 Å². The Morgan fingerprint density at radius 2 is 2.31 bits per heavy atom. The van der Waals surface area contributed by atoms with E-state index >= 15 is 0 Å². The molecule has 0 bridgehead atoms. The fourth-order valence-corrected chi connectivity index (χ4v) is 2.38. The highest BCUT2D eigenvalue weighted by molar-refractivity contribution is 7.99. The van der Waals surface area contributed by atoms with Gasteiger partial charge in [0.1, 0.15) is 0 Å². The van der Waals surface area contributed by atoms with Gasteiger partial charge in [-0.05, 0) is 18.8 Å². The summed E-state index contributed by atoms with van der Waals surface area (Å²) in [6.07, 6.45) is 2.28. The van der Waals surface area contributed by atoms with E-state index in [1.54, 1.807) is 18.7 Å². The number of thioether (sulfide) groups is 1. The Bertz CT molecular complexity index is 283. The molecule has 0 amide bonds. The fourth-order valence-electron chi connectivity index (χ4n) is 1.45. The van der Waals surface area contributed by atoms with Gasteiger partial charge < -0.3 is 10.2 Å². The lowest BCUT2D eigenvalue weighted by molar-refractivity contribution is 0.294. The van der Waals surface area contributed by atoms with Gasteiger partial charge in [0.2, 0.25) is 5.89 Å². The second kappa shape index (κ2) is 3.67. The quantitative estimate of drug-likeness (QED) is 0.741. The molecule has 0 aliphatic heterocycles. The summed E-state index contributed by atoms with van der Waals surface area (Å²) in [5.74, 6) is 2.43. The van der Waals surface area contributed by atoms with Gasteiger partial charge in [0.15, 0.2) is 0 Å². The van der Waals surface area contributed by atoms with Crippen molar-refractivity contribution < 1.29 is 4.42 Å². The number of nitrogens with two attached hydrogens (primary N) is 1. The van der Waals surface area contributed by atoms with Crippen LogP contribution in [0.15, 0.2) is 9.64 Å². The summed E-state index contributed by atoms with van der Waals surface area (Å²) in [5.41, 5.74) is 5.68. The van der Waals surface area contributed by atoms with E-state index in [1.807, 2.05) is 0 Å². The minimum Gasteiger partial charge on any atom is -0.416 e. The molecule has 1 fully saturated rings. The molecule has 0 atom stereocenters. The SMILES string of the molecule is Cc1nnc(SCC2CC(N)C2)o1. The molecular formula is C8H13N3OS. The Balaban J connectivity index is 1.74. The molecule has 0 unspecified atom stereocenters. The highest BCUT2D eigenvalue weighted by atomic mass is 32.2. The van der Waals surface area contributed by atoms with Crippen LogP contribution in [0, 0.1) is 12.8 Å². The number of nitrogens with zero attached hydrogens (tertiary/aromatic N) is 2. The summed E-state index contributed by atoms with van der Waals surface area (Å²) in [6, 6.07) is 0.426. The van der Waals surface area contributed by atoms with Crippen molar-refractivity contribution in [3.63, 3.8) is 0 Å². The zero-order valence-electron chi connectivity index (χ0n) is 7.56. The first kappa shape index (κ1) is 9.02. The highest BCUT2D eigenvalue weighted by Crippen LogP contribution is 2.31. The first-order valence-corrected chi connectivity index (χ1v) is 5.41. The van der Waals surface area contributed by atoms with Crippen molar-refractivity contribution in [1.82, 2.24) is 10.2 Å². The Morgan fingerprint density at radius 1 is 1.54 bits per heavy atom. The predicted octanol–water partition coefficient (Wildman–Crippen LogP) is 1.21. The standard InChI is InChI=1S/C8H13N3OS/c1-5-10-11-8(12-5)13-4-6-2-7(9)3-6/h6-7H,2-4,9H2,1H3. The number of rotatable bonds is 3. The summed E-state index contributed by atoms with van der Waals surface area (Å²) >= 11 is 1.63. The number of aryl methyl sites for hydroxylation is 1. The van der Waals surface area contributed by atoms with Crippen LogP contribution in [-0.4, -0.2) is 22.0 Å². The lowest BCUT2D eigenvalue weighted by Gasteiger charge is -2.31. The summed E-state index contributed by atoms with van der Waals surface area (Å²) in [5, 5.41) is 8.35. The van der Waals surface area contributed by atoms with Crippen LogP contribution >= 0.6 is 11.8 Å². The van der Waals surface area contributed by atoms with Crippen LogP contribution in [0.3, 0.4) is 0 Å². The molecule has 0 radical (unpaired) electrons. The maximum Gasteiger partial charge on any atom is 0.276 e. The Kier molecular flexibility index (Phi) is 2.55. The predicted molar refractivity (Wildman–Crippen MR) is 50.5 cm³/mol. The van der Waals surface area contributed by atoms with Crippen molar-refractivity contribution in [2.45, 2.75) is 31.0 Å². The number of hydrogen-bond donors (Lipinski definition) is 1. The van der Waals surface area contributed by atoms with Crippen LogP contribution in [-0.2, 0) is 0 Å². The summed E-state index contributed by atoms with van der Waals surface area (Å²) < 4.78 is 5.24. The zero-order chi connectivity index (χ0) is 9.26. The van der Waals surface area contributed by atoms with Crippen molar-refractivity contribution in [2.24, 2.45) is 11.7 Å². The largest absolute Gasteiger partial charge is 0.416 e.